The maximum Gasteiger partial charge on any atom is 0.264 e. The molecule has 0 radical (unpaired) electrons. The maximum absolute atomic E-state index is 13.7. The van der Waals surface area contributed by atoms with Crippen LogP contribution >= 0.6 is 11.6 Å². The molecular weight excluding hydrogens is 508 g/mol. The summed E-state index contributed by atoms with van der Waals surface area (Å²) < 4.78 is 33.7. The Morgan fingerprint density at radius 3 is 2.38 bits per heavy atom. The highest BCUT2D eigenvalue weighted by Crippen LogP contribution is 2.32. The van der Waals surface area contributed by atoms with E-state index in [4.69, 9.17) is 16.3 Å². The van der Waals surface area contributed by atoms with Crippen LogP contribution < -0.4 is 14.4 Å². The van der Waals surface area contributed by atoms with Crippen LogP contribution in [0, 0.1) is 6.92 Å². The summed E-state index contributed by atoms with van der Waals surface area (Å²) in [6.07, 6.45) is 5.21. The molecule has 196 valence electrons. The molecular formula is C29H33ClN2O4S. The molecule has 1 aliphatic carbocycles. The van der Waals surface area contributed by atoms with Gasteiger partial charge in [-0.25, -0.2) is 8.42 Å². The third-order valence-corrected chi connectivity index (χ3v) is 8.92. The zero-order valence-electron chi connectivity index (χ0n) is 21.5. The van der Waals surface area contributed by atoms with Crippen molar-refractivity contribution in [2.75, 3.05) is 18.0 Å². The van der Waals surface area contributed by atoms with Gasteiger partial charge in [0.25, 0.3) is 10.0 Å². The summed E-state index contributed by atoms with van der Waals surface area (Å²) in [5.74, 6) is 0.0215. The average Bonchev–Trinajstić information content (AvgIpc) is 2.90. The SMILES string of the molecule is CC[C@@H](NC(=O)CN(c1ccc(OC)c(Cl)c1)S(=O)(=O)c1ccc(C)cc1)c1ccc2c(c1)CCCC2. The molecule has 1 aliphatic rings. The van der Waals surface area contributed by atoms with Gasteiger partial charge in [0.05, 0.1) is 28.8 Å². The lowest BCUT2D eigenvalue weighted by Crippen LogP contribution is -2.42. The monoisotopic (exact) mass is 540 g/mol. The molecule has 0 aliphatic heterocycles. The number of anilines is 1. The smallest absolute Gasteiger partial charge is 0.264 e. The molecule has 1 atom stereocenters. The number of hydrogen-bond acceptors (Lipinski definition) is 4. The van der Waals surface area contributed by atoms with E-state index in [1.54, 1.807) is 36.4 Å². The van der Waals surface area contributed by atoms with E-state index in [1.165, 1.54) is 37.1 Å². The zero-order valence-corrected chi connectivity index (χ0v) is 23.0. The number of nitrogens with one attached hydrogen (secondary N) is 1. The molecule has 0 aromatic heterocycles. The molecule has 8 heteroatoms. The number of amides is 1. The quantitative estimate of drug-likeness (QED) is 0.361. The Morgan fingerprint density at radius 1 is 1.03 bits per heavy atom. The van der Waals surface area contributed by atoms with Gasteiger partial charge < -0.3 is 10.1 Å². The topological polar surface area (TPSA) is 75.7 Å². The standard InChI is InChI=1S/C29H33ClN2O4S/c1-4-27(23-12-11-21-7-5-6-8-22(21)17-23)31-29(33)19-32(24-13-16-28(36-3)26(30)18-24)37(34,35)25-14-9-20(2)10-15-25/h9-18,27H,4-8,19H2,1-3H3,(H,31,33)/t27-/m1/s1. The highest BCUT2D eigenvalue weighted by molar-refractivity contribution is 7.92. The molecule has 0 heterocycles. The fraction of sp³-hybridized carbons (Fsp3) is 0.345. The fourth-order valence-electron chi connectivity index (χ4n) is 4.72. The first kappa shape index (κ1) is 27.0. The third kappa shape index (κ3) is 6.11. The first-order valence-corrected chi connectivity index (χ1v) is 14.4. The number of rotatable bonds is 9. The van der Waals surface area contributed by atoms with Gasteiger partial charge in [0.15, 0.2) is 0 Å². The van der Waals surface area contributed by atoms with Gasteiger partial charge in [-0.2, -0.15) is 0 Å². The maximum atomic E-state index is 13.7. The van der Waals surface area contributed by atoms with Crippen molar-refractivity contribution in [3.63, 3.8) is 0 Å². The van der Waals surface area contributed by atoms with Crippen LogP contribution in [0.2, 0.25) is 5.02 Å². The van der Waals surface area contributed by atoms with Gasteiger partial charge in [0.1, 0.15) is 12.3 Å². The van der Waals surface area contributed by atoms with E-state index in [1.807, 2.05) is 13.8 Å². The number of methoxy groups -OCH3 is 1. The minimum atomic E-state index is -4.05. The Morgan fingerprint density at radius 2 is 1.73 bits per heavy atom. The lowest BCUT2D eigenvalue weighted by atomic mass is 9.89. The van der Waals surface area contributed by atoms with Crippen LogP contribution in [-0.2, 0) is 27.7 Å². The number of carbonyl (C=O) groups is 1. The molecule has 6 nitrogen and oxygen atoms in total. The Hall–Kier alpha value is -3.03. The van der Waals surface area contributed by atoms with Crippen molar-refractivity contribution in [2.45, 2.75) is 56.9 Å². The van der Waals surface area contributed by atoms with Crippen LogP contribution in [0.25, 0.3) is 0 Å². The minimum absolute atomic E-state index is 0.0968. The minimum Gasteiger partial charge on any atom is -0.495 e. The van der Waals surface area contributed by atoms with Crippen molar-refractivity contribution in [1.82, 2.24) is 5.32 Å². The van der Waals surface area contributed by atoms with Crippen LogP contribution in [0.5, 0.6) is 5.75 Å². The van der Waals surface area contributed by atoms with Crippen molar-refractivity contribution in [3.05, 3.63) is 87.9 Å². The number of ether oxygens (including phenoxy) is 1. The van der Waals surface area contributed by atoms with Crippen LogP contribution in [0.4, 0.5) is 5.69 Å². The molecule has 1 amide bonds. The van der Waals surface area contributed by atoms with Crippen LogP contribution in [-0.4, -0.2) is 28.0 Å². The first-order chi connectivity index (χ1) is 17.7. The summed E-state index contributed by atoms with van der Waals surface area (Å²) in [6, 6.07) is 17.4. The Bertz CT molecular complexity index is 1370. The summed E-state index contributed by atoms with van der Waals surface area (Å²) in [7, 11) is -2.56. The van der Waals surface area contributed by atoms with E-state index in [-0.39, 0.29) is 28.2 Å². The van der Waals surface area contributed by atoms with Crippen molar-refractivity contribution in [2.24, 2.45) is 0 Å². The van der Waals surface area contributed by atoms with Crippen molar-refractivity contribution < 1.29 is 17.9 Å². The largest absolute Gasteiger partial charge is 0.495 e. The lowest BCUT2D eigenvalue weighted by molar-refractivity contribution is -0.120. The Labute approximate surface area is 224 Å². The van der Waals surface area contributed by atoms with E-state index >= 15 is 0 Å². The Balaban J connectivity index is 1.62. The normalized spacial score (nSPS) is 13.9. The zero-order chi connectivity index (χ0) is 26.6. The number of carbonyl (C=O) groups excluding carboxylic acids is 1. The second kappa shape index (κ2) is 11.6. The number of aryl methyl sites for hydroxylation is 3. The van der Waals surface area contributed by atoms with Gasteiger partial charge in [0, 0.05) is 0 Å². The van der Waals surface area contributed by atoms with Crippen molar-refractivity contribution in [3.8, 4) is 5.75 Å². The predicted molar refractivity (Wildman–Crippen MR) is 148 cm³/mol. The van der Waals surface area contributed by atoms with Gasteiger partial charge >= 0.3 is 0 Å². The molecule has 0 saturated heterocycles. The molecule has 0 spiro atoms. The number of sulfonamides is 1. The van der Waals surface area contributed by atoms with E-state index < -0.39 is 15.9 Å². The highest BCUT2D eigenvalue weighted by atomic mass is 35.5. The third-order valence-electron chi connectivity index (χ3n) is 6.84. The summed E-state index contributed by atoms with van der Waals surface area (Å²) in [5, 5.41) is 3.31. The molecule has 3 aromatic carbocycles. The number of nitrogens with zero attached hydrogens (tertiary/aromatic N) is 1. The van der Waals surface area contributed by atoms with Crippen LogP contribution in [0.1, 0.15) is 54.5 Å². The molecule has 0 bridgehead atoms. The molecule has 1 N–H and O–H groups in total. The summed E-state index contributed by atoms with van der Waals surface area (Å²) in [4.78, 5) is 13.4. The number of fused-ring (bicyclic) bond motifs is 1. The van der Waals surface area contributed by atoms with Gasteiger partial charge in [-0.3, -0.25) is 9.10 Å². The second-order valence-corrected chi connectivity index (χ2v) is 11.7. The van der Waals surface area contributed by atoms with Gasteiger partial charge in [0.2, 0.25) is 5.91 Å². The van der Waals surface area contributed by atoms with Gasteiger partial charge in [-0.15, -0.1) is 0 Å². The van der Waals surface area contributed by atoms with E-state index in [0.29, 0.717) is 12.2 Å². The highest BCUT2D eigenvalue weighted by Gasteiger charge is 2.29. The Kier molecular flexibility index (Phi) is 8.45. The van der Waals surface area contributed by atoms with Crippen molar-refractivity contribution >= 4 is 33.2 Å². The average molecular weight is 541 g/mol. The number of hydrogen-bond donors (Lipinski definition) is 1. The van der Waals surface area contributed by atoms with Gasteiger partial charge in [-0.05, 0) is 86.1 Å². The number of halogens is 1. The molecule has 37 heavy (non-hydrogen) atoms. The summed E-state index contributed by atoms with van der Waals surface area (Å²) in [5.41, 5.74) is 4.97. The van der Waals surface area contributed by atoms with Gasteiger partial charge in [-0.1, -0.05) is 54.4 Å². The van der Waals surface area contributed by atoms with E-state index in [0.717, 1.165) is 28.3 Å². The molecule has 0 fully saturated rings. The predicted octanol–water partition coefficient (Wildman–Crippen LogP) is 6.00. The summed E-state index contributed by atoms with van der Waals surface area (Å²) in [6.45, 7) is 3.51. The van der Waals surface area contributed by atoms with E-state index in [9.17, 15) is 13.2 Å². The second-order valence-electron chi connectivity index (χ2n) is 9.41. The molecule has 3 aromatic rings. The molecule has 0 saturated carbocycles. The molecule has 4 rings (SSSR count). The van der Waals surface area contributed by atoms with Crippen molar-refractivity contribution in [1.29, 1.82) is 0 Å². The molecule has 0 unspecified atom stereocenters. The first-order valence-electron chi connectivity index (χ1n) is 12.6. The summed E-state index contributed by atoms with van der Waals surface area (Å²) >= 11 is 6.32. The lowest BCUT2D eigenvalue weighted by Gasteiger charge is -2.26. The van der Waals surface area contributed by atoms with E-state index in [2.05, 4.69) is 23.5 Å². The number of benzene rings is 3. The van der Waals surface area contributed by atoms with Crippen LogP contribution in [0.15, 0.2) is 65.6 Å². The van der Waals surface area contributed by atoms with Crippen LogP contribution in [0.3, 0.4) is 0 Å². The fourth-order valence-corrected chi connectivity index (χ4v) is 6.39.